The Hall–Kier alpha value is -0.990. The van der Waals surface area contributed by atoms with Gasteiger partial charge in [-0.3, -0.25) is 9.69 Å². The fourth-order valence-electron chi connectivity index (χ4n) is 2.18. The van der Waals surface area contributed by atoms with Crippen molar-refractivity contribution in [2.75, 3.05) is 30.9 Å². The highest BCUT2D eigenvalue weighted by atomic mass is 32.2. The molecule has 0 aromatic heterocycles. The van der Waals surface area contributed by atoms with Crippen LogP contribution in [0, 0.1) is 11.6 Å². The Kier molecular flexibility index (Phi) is 5.00. The van der Waals surface area contributed by atoms with Gasteiger partial charge >= 0.3 is 0 Å². The standard InChI is InChI=1S/C13H15F2NO3S2/c1-21(18,19)13-8-20-5-4-16(13)7-12(17)10-3-2-9(14)6-11(10)15/h2-3,6,13H,4-5,7-8H2,1H3. The lowest BCUT2D eigenvalue weighted by Crippen LogP contribution is -2.48. The molecule has 1 aliphatic rings. The summed E-state index contributed by atoms with van der Waals surface area (Å²) in [7, 11) is -3.32. The minimum Gasteiger partial charge on any atom is -0.293 e. The number of rotatable bonds is 4. The van der Waals surface area contributed by atoms with Gasteiger partial charge in [-0.05, 0) is 12.1 Å². The summed E-state index contributed by atoms with van der Waals surface area (Å²) >= 11 is 1.51. The van der Waals surface area contributed by atoms with Crippen LogP contribution in [0.1, 0.15) is 10.4 Å². The minimum absolute atomic E-state index is 0.194. The fraction of sp³-hybridized carbons (Fsp3) is 0.462. The first kappa shape index (κ1) is 16.4. The van der Waals surface area contributed by atoms with E-state index >= 15 is 0 Å². The first-order chi connectivity index (χ1) is 9.79. The van der Waals surface area contributed by atoms with Gasteiger partial charge in [0.15, 0.2) is 15.6 Å². The lowest BCUT2D eigenvalue weighted by Gasteiger charge is -2.33. The van der Waals surface area contributed by atoms with Gasteiger partial charge in [-0.25, -0.2) is 17.2 Å². The van der Waals surface area contributed by atoms with E-state index < -0.39 is 32.6 Å². The van der Waals surface area contributed by atoms with Gasteiger partial charge in [0.2, 0.25) is 0 Å². The third-order valence-corrected chi connectivity index (χ3v) is 5.95. The normalized spacial score (nSPS) is 20.4. The number of Topliss-reactive ketones (excluding diaryl/α,β-unsaturated/α-hetero) is 1. The van der Waals surface area contributed by atoms with Crippen molar-refractivity contribution in [2.45, 2.75) is 5.37 Å². The largest absolute Gasteiger partial charge is 0.293 e. The molecule has 1 aliphatic heterocycles. The van der Waals surface area contributed by atoms with Crippen LogP contribution in [0.2, 0.25) is 0 Å². The van der Waals surface area contributed by atoms with E-state index in [1.807, 2.05) is 0 Å². The predicted molar refractivity (Wildman–Crippen MR) is 78.2 cm³/mol. The zero-order valence-corrected chi connectivity index (χ0v) is 13.0. The second-order valence-electron chi connectivity index (χ2n) is 4.88. The van der Waals surface area contributed by atoms with Crippen LogP contribution < -0.4 is 0 Å². The van der Waals surface area contributed by atoms with E-state index in [1.165, 1.54) is 16.7 Å². The fourth-order valence-corrected chi connectivity index (χ4v) is 5.12. The lowest BCUT2D eigenvalue weighted by atomic mass is 10.1. The van der Waals surface area contributed by atoms with Gasteiger partial charge in [0.25, 0.3) is 0 Å². The first-order valence-corrected chi connectivity index (χ1v) is 9.39. The van der Waals surface area contributed by atoms with Crippen molar-refractivity contribution in [3.8, 4) is 0 Å². The van der Waals surface area contributed by atoms with Gasteiger partial charge < -0.3 is 0 Å². The lowest BCUT2D eigenvalue weighted by molar-refractivity contribution is 0.0924. The number of thioether (sulfide) groups is 1. The first-order valence-electron chi connectivity index (χ1n) is 6.28. The Morgan fingerprint density at radius 2 is 2.14 bits per heavy atom. The number of benzene rings is 1. The van der Waals surface area contributed by atoms with Crippen molar-refractivity contribution in [3.05, 3.63) is 35.4 Å². The summed E-state index contributed by atoms with van der Waals surface area (Å²) in [6.07, 6.45) is 1.12. The van der Waals surface area contributed by atoms with E-state index in [1.54, 1.807) is 0 Å². The molecule has 0 bridgehead atoms. The van der Waals surface area contributed by atoms with Crippen LogP contribution in [0.4, 0.5) is 8.78 Å². The van der Waals surface area contributed by atoms with Gasteiger partial charge in [0.1, 0.15) is 17.0 Å². The second kappa shape index (κ2) is 6.41. The molecule has 1 aromatic carbocycles. The highest BCUT2D eigenvalue weighted by Gasteiger charge is 2.32. The SMILES string of the molecule is CS(=O)(=O)C1CSCCN1CC(=O)c1ccc(F)cc1F. The van der Waals surface area contributed by atoms with Crippen LogP contribution in [0.15, 0.2) is 18.2 Å². The molecule has 1 heterocycles. The van der Waals surface area contributed by atoms with Crippen molar-refractivity contribution >= 4 is 27.4 Å². The predicted octanol–water partition coefficient (Wildman–Crippen LogP) is 1.57. The van der Waals surface area contributed by atoms with Crippen LogP contribution in [0.5, 0.6) is 0 Å². The molecule has 1 unspecified atom stereocenters. The van der Waals surface area contributed by atoms with E-state index in [0.717, 1.165) is 18.4 Å². The van der Waals surface area contributed by atoms with Crippen molar-refractivity contribution in [2.24, 2.45) is 0 Å². The van der Waals surface area contributed by atoms with Crippen LogP contribution >= 0.6 is 11.8 Å². The summed E-state index contributed by atoms with van der Waals surface area (Å²) in [6.45, 7) is 0.248. The summed E-state index contributed by atoms with van der Waals surface area (Å²) in [6, 6.07) is 2.74. The second-order valence-corrected chi connectivity index (χ2v) is 8.23. The molecule has 8 heteroatoms. The van der Waals surface area contributed by atoms with E-state index in [9.17, 15) is 22.0 Å². The molecule has 21 heavy (non-hydrogen) atoms. The van der Waals surface area contributed by atoms with Gasteiger partial charge in [-0.1, -0.05) is 0 Å². The number of ketones is 1. The number of sulfone groups is 1. The number of halogens is 2. The van der Waals surface area contributed by atoms with Crippen molar-refractivity contribution < 1.29 is 22.0 Å². The molecule has 1 aromatic rings. The molecule has 0 spiro atoms. The third-order valence-electron chi connectivity index (χ3n) is 3.26. The molecular formula is C13H15F2NO3S2. The van der Waals surface area contributed by atoms with Crippen LogP contribution in [0.25, 0.3) is 0 Å². The van der Waals surface area contributed by atoms with E-state index in [4.69, 9.17) is 0 Å². The van der Waals surface area contributed by atoms with Crippen LogP contribution in [-0.4, -0.2) is 55.3 Å². The maximum Gasteiger partial charge on any atom is 0.179 e. The summed E-state index contributed by atoms with van der Waals surface area (Å²) in [5, 5.41) is -0.747. The average Bonchev–Trinajstić information content (AvgIpc) is 2.37. The molecule has 1 saturated heterocycles. The number of nitrogens with zero attached hydrogens (tertiary/aromatic N) is 1. The van der Waals surface area contributed by atoms with Crippen molar-refractivity contribution in [1.82, 2.24) is 4.90 Å². The Balaban J connectivity index is 2.17. The zero-order chi connectivity index (χ0) is 15.6. The van der Waals surface area contributed by atoms with E-state index in [0.29, 0.717) is 24.1 Å². The number of carbonyl (C=O) groups is 1. The van der Waals surface area contributed by atoms with Gasteiger partial charge in [-0.2, -0.15) is 11.8 Å². The Morgan fingerprint density at radius 1 is 1.43 bits per heavy atom. The molecule has 116 valence electrons. The molecular weight excluding hydrogens is 320 g/mol. The van der Waals surface area contributed by atoms with Gasteiger partial charge in [-0.15, -0.1) is 0 Å². The van der Waals surface area contributed by atoms with Crippen molar-refractivity contribution in [1.29, 1.82) is 0 Å². The maximum atomic E-state index is 13.6. The number of hydrogen-bond acceptors (Lipinski definition) is 5. The highest BCUT2D eigenvalue weighted by Crippen LogP contribution is 2.21. The Morgan fingerprint density at radius 3 is 2.76 bits per heavy atom. The van der Waals surface area contributed by atoms with Crippen molar-refractivity contribution in [3.63, 3.8) is 0 Å². The maximum absolute atomic E-state index is 13.6. The molecule has 0 amide bonds. The van der Waals surface area contributed by atoms with E-state index in [2.05, 4.69) is 0 Å². The summed E-state index contributed by atoms with van der Waals surface area (Å²) in [5.41, 5.74) is -0.220. The summed E-state index contributed by atoms with van der Waals surface area (Å²) in [4.78, 5) is 13.7. The molecule has 0 N–H and O–H groups in total. The third kappa shape index (κ3) is 4.02. The monoisotopic (exact) mass is 335 g/mol. The zero-order valence-electron chi connectivity index (χ0n) is 11.4. The summed E-state index contributed by atoms with van der Waals surface area (Å²) < 4.78 is 49.9. The molecule has 0 saturated carbocycles. The van der Waals surface area contributed by atoms with Gasteiger partial charge in [0, 0.05) is 30.4 Å². The molecule has 1 fully saturated rings. The molecule has 0 aliphatic carbocycles. The Bertz CT molecular complexity index is 649. The molecule has 4 nitrogen and oxygen atoms in total. The average molecular weight is 335 g/mol. The number of hydrogen-bond donors (Lipinski definition) is 0. The highest BCUT2D eigenvalue weighted by molar-refractivity contribution is 8.00. The van der Waals surface area contributed by atoms with Crippen LogP contribution in [0.3, 0.4) is 0 Å². The van der Waals surface area contributed by atoms with Gasteiger partial charge in [0.05, 0.1) is 12.1 Å². The topological polar surface area (TPSA) is 54.5 Å². The molecule has 2 rings (SSSR count). The van der Waals surface area contributed by atoms with E-state index in [-0.39, 0.29) is 12.1 Å². The molecule has 0 radical (unpaired) electrons. The summed E-state index contributed by atoms with van der Waals surface area (Å²) in [5.74, 6) is -1.13. The quantitative estimate of drug-likeness (QED) is 0.782. The Labute approximate surface area is 126 Å². The molecule has 1 atom stereocenters. The number of carbonyl (C=O) groups excluding carboxylic acids is 1. The minimum atomic E-state index is -3.32. The van der Waals surface area contributed by atoms with Crippen LogP contribution in [-0.2, 0) is 9.84 Å². The smallest absolute Gasteiger partial charge is 0.179 e.